The molecule has 24 heavy (non-hydrogen) atoms. The van der Waals surface area contributed by atoms with Crippen molar-refractivity contribution in [3.8, 4) is 5.82 Å². The molecule has 0 bridgehead atoms. The number of aryl methyl sites for hydroxylation is 1. The van der Waals surface area contributed by atoms with Gasteiger partial charge in [0.05, 0.1) is 11.9 Å². The molecule has 0 atom stereocenters. The molecular weight excluding hydrogens is 427 g/mol. The number of nitrogens with two attached hydrogens (primary N) is 1. The van der Waals surface area contributed by atoms with Gasteiger partial charge in [0.15, 0.2) is 5.69 Å². The standard InChI is InChI=1S/C13H11IN8O2/c1-7-10(22(21-17-7)12-11(15)19-24-20-12)13(23)18-16-6-8-4-2-3-5-9(8)14/h2-6H,1H3,(H2,15,19)(H,18,23). The summed E-state index contributed by atoms with van der Waals surface area (Å²) in [5.41, 5.74) is 9.46. The lowest BCUT2D eigenvalue weighted by molar-refractivity contribution is 0.0946. The fourth-order valence-corrected chi connectivity index (χ4v) is 2.42. The van der Waals surface area contributed by atoms with Gasteiger partial charge in [0, 0.05) is 9.13 Å². The van der Waals surface area contributed by atoms with Crippen LogP contribution in [-0.4, -0.2) is 37.4 Å². The smallest absolute Gasteiger partial charge is 0.292 e. The number of hydrogen-bond acceptors (Lipinski definition) is 8. The molecule has 1 amide bonds. The molecule has 0 saturated carbocycles. The summed E-state index contributed by atoms with van der Waals surface area (Å²) >= 11 is 2.18. The van der Waals surface area contributed by atoms with Gasteiger partial charge in [-0.25, -0.2) is 10.1 Å². The molecule has 10 nitrogen and oxygen atoms in total. The average molecular weight is 438 g/mol. The van der Waals surface area contributed by atoms with Crippen molar-refractivity contribution in [2.45, 2.75) is 6.92 Å². The second-order valence-electron chi connectivity index (χ2n) is 4.63. The Bertz CT molecular complexity index is 916. The number of carbonyl (C=O) groups excluding carboxylic acids is 1. The van der Waals surface area contributed by atoms with E-state index in [0.29, 0.717) is 5.69 Å². The Morgan fingerprint density at radius 2 is 2.21 bits per heavy atom. The molecule has 0 radical (unpaired) electrons. The molecular formula is C13H11IN8O2. The molecule has 0 aliphatic heterocycles. The predicted molar refractivity (Wildman–Crippen MR) is 92.6 cm³/mol. The second-order valence-corrected chi connectivity index (χ2v) is 5.79. The van der Waals surface area contributed by atoms with E-state index in [4.69, 9.17) is 5.73 Å². The topological polar surface area (TPSA) is 137 Å². The summed E-state index contributed by atoms with van der Waals surface area (Å²) in [6.07, 6.45) is 1.55. The van der Waals surface area contributed by atoms with Crippen LogP contribution in [0, 0.1) is 10.5 Å². The minimum absolute atomic E-state index is 0.00343. The summed E-state index contributed by atoms with van der Waals surface area (Å²) in [6.45, 7) is 1.63. The Balaban J connectivity index is 1.83. The maximum Gasteiger partial charge on any atom is 0.292 e. The Kier molecular flexibility index (Phi) is 4.50. The Morgan fingerprint density at radius 3 is 2.92 bits per heavy atom. The molecule has 2 heterocycles. The lowest BCUT2D eigenvalue weighted by Crippen LogP contribution is -2.22. The number of aromatic nitrogens is 5. The number of carbonyl (C=O) groups is 1. The number of rotatable bonds is 4. The van der Waals surface area contributed by atoms with Crippen LogP contribution in [0.3, 0.4) is 0 Å². The SMILES string of the molecule is Cc1nnn(-c2nonc2N)c1C(=O)NN=Cc1ccccc1I. The lowest BCUT2D eigenvalue weighted by Gasteiger charge is -2.02. The summed E-state index contributed by atoms with van der Waals surface area (Å²) in [6, 6.07) is 7.62. The highest BCUT2D eigenvalue weighted by Gasteiger charge is 2.22. The molecule has 2 aromatic heterocycles. The Labute approximate surface area is 149 Å². The van der Waals surface area contributed by atoms with Crippen molar-refractivity contribution >= 4 is 40.5 Å². The second kappa shape index (κ2) is 6.74. The van der Waals surface area contributed by atoms with Crippen LogP contribution in [-0.2, 0) is 0 Å². The summed E-state index contributed by atoms with van der Waals surface area (Å²) in [7, 11) is 0. The van der Waals surface area contributed by atoms with Crippen molar-refractivity contribution in [3.63, 3.8) is 0 Å². The van der Waals surface area contributed by atoms with Gasteiger partial charge in [0.1, 0.15) is 0 Å². The van der Waals surface area contributed by atoms with E-state index in [1.165, 1.54) is 0 Å². The Morgan fingerprint density at radius 1 is 1.42 bits per heavy atom. The number of nitrogens with one attached hydrogen (secondary N) is 1. The minimum atomic E-state index is -0.512. The van der Waals surface area contributed by atoms with Crippen molar-refractivity contribution in [2.75, 3.05) is 5.73 Å². The van der Waals surface area contributed by atoms with Gasteiger partial charge in [0.2, 0.25) is 11.6 Å². The molecule has 0 spiro atoms. The van der Waals surface area contributed by atoms with Gasteiger partial charge >= 0.3 is 0 Å². The predicted octanol–water partition coefficient (Wildman–Crippen LogP) is 0.909. The van der Waals surface area contributed by atoms with Crippen molar-refractivity contribution in [2.24, 2.45) is 5.10 Å². The maximum atomic E-state index is 12.4. The van der Waals surface area contributed by atoms with Gasteiger partial charge in [0.25, 0.3) is 5.91 Å². The summed E-state index contributed by atoms with van der Waals surface area (Å²) in [5, 5.41) is 18.7. The van der Waals surface area contributed by atoms with Crippen LogP contribution in [0.2, 0.25) is 0 Å². The summed E-state index contributed by atoms with van der Waals surface area (Å²) < 4.78 is 6.68. The number of hydrogen-bond donors (Lipinski definition) is 2. The zero-order valence-corrected chi connectivity index (χ0v) is 14.5. The van der Waals surface area contributed by atoms with Gasteiger partial charge in [-0.15, -0.1) is 5.10 Å². The number of halogens is 1. The zero-order chi connectivity index (χ0) is 17.1. The zero-order valence-electron chi connectivity index (χ0n) is 12.3. The van der Waals surface area contributed by atoms with Crippen molar-refractivity contribution in [1.29, 1.82) is 0 Å². The van der Waals surface area contributed by atoms with Crippen molar-refractivity contribution in [1.82, 2.24) is 30.7 Å². The van der Waals surface area contributed by atoms with Crippen LogP contribution in [0.4, 0.5) is 5.82 Å². The lowest BCUT2D eigenvalue weighted by atomic mass is 10.2. The highest BCUT2D eigenvalue weighted by molar-refractivity contribution is 14.1. The van der Waals surface area contributed by atoms with E-state index in [1.807, 2.05) is 24.3 Å². The molecule has 0 saturated heterocycles. The van der Waals surface area contributed by atoms with Crippen LogP contribution in [0.5, 0.6) is 0 Å². The van der Waals surface area contributed by atoms with Crippen LogP contribution in [0.15, 0.2) is 34.0 Å². The van der Waals surface area contributed by atoms with Crippen LogP contribution < -0.4 is 11.2 Å². The van der Waals surface area contributed by atoms with E-state index in [2.05, 4.69) is 58.4 Å². The van der Waals surface area contributed by atoms with Gasteiger partial charge in [-0.05, 0) is 45.9 Å². The van der Waals surface area contributed by atoms with Crippen molar-refractivity contribution < 1.29 is 9.42 Å². The third-order valence-electron chi connectivity index (χ3n) is 3.02. The molecule has 0 aliphatic carbocycles. The number of nitrogens with zero attached hydrogens (tertiary/aromatic N) is 6. The maximum absolute atomic E-state index is 12.4. The fraction of sp³-hybridized carbons (Fsp3) is 0.0769. The highest BCUT2D eigenvalue weighted by Crippen LogP contribution is 2.15. The number of amides is 1. The first-order valence-corrected chi connectivity index (χ1v) is 7.74. The summed E-state index contributed by atoms with van der Waals surface area (Å²) in [4.78, 5) is 12.4. The first-order valence-electron chi connectivity index (χ1n) is 6.66. The van der Waals surface area contributed by atoms with Crippen LogP contribution in [0.25, 0.3) is 5.82 Å². The molecule has 3 N–H and O–H groups in total. The molecule has 0 fully saturated rings. The molecule has 0 unspecified atom stereocenters. The van der Waals surface area contributed by atoms with E-state index >= 15 is 0 Å². The number of anilines is 1. The molecule has 122 valence electrons. The van der Waals surface area contributed by atoms with E-state index in [-0.39, 0.29) is 17.3 Å². The average Bonchev–Trinajstić information content (AvgIpc) is 3.14. The molecule has 3 rings (SSSR count). The normalized spacial score (nSPS) is 11.1. The minimum Gasteiger partial charge on any atom is -0.378 e. The monoisotopic (exact) mass is 438 g/mol. The van der Waals surface area contributed by atoms with Gasteiger partial charge < -0.3 is 5.73 Å². The van der Waals surface area contributed by atoms with Gasteiger partial charge in [-0.1, -0.05) is 23.4 Å². The molecule has 0 aliphatic rings. The molecule has 11 heteroatoms. The largest absolute Gasteiger partial charge is 0.378 e. The first-order chi connectivity index (χ1) is 11.6. The fourth-order valence-electron chi connectivity index (χ4n) is 1.90. The third kappa shape index (κ3) is 3.10. The van der Waals surface area contributed by atoms with Gasteiger partial charge in [-0.3, -0.25) is 4.79 Å². The van der Waals surface area contributed by atoms with Gasteiger partial charge in [-0.2, -0.15) is 9.78 Å². The highest BCUT2D eigenvalue weighted by atomic mass is 127. The van der Waals surface area contributed by atoms with E-state index < -0.39 is 5.91 Å². The molecule has 3 aromatic rings. The number of nitrogen functional groups attached to an aromatic ring is 1. The van der Waals surface area contributed by atoms with E-state index in [9.17, 15) is 4.79 Å². The first kappa shape index (κ1) is 16.0. The Hall–Kier alpha value is -2.83. The number of benzene rings is 1. The molecule has 1 aromatic carbocycles. The van der Waals surface area contributed by atoms with Crippen LogP contribution in [0.1, 0.15) is 21.7 Å². The van der Waals surface area contributed by atoms with Crippen LogP contribution >= 0.6 is 22.6 Å². The summed E-state index contributed by atoms with van der Waals surface area (Å²) in [5.74, 6) is -0.430. The third-order valence-corrected chi connectivity index (χ3v) is 4.01. The quantitative estimate of drug-likeness (QED) is 0.351. The number of hydrazone groups is 1. The van der Waals surface area contributed by atoms with E-state index in [1.54, 1.807) is 13.1 Å². The van der Waals surface area contributed by atoms with E-state index in [0.717, 1.165) is 13.8 Å². The van der Waals surface area contributed by atoms with Crippen molar-refractivity contribution in [3.05, 3.63) is 44.8 Å².